The van der Waals surface area contributed by atoms with E-state index < -0.39 is 5.60 Å². The van der Waals surface area contributed by atoms with E-state index in [2.05, 4.69) is 62.4 Å². The van der Waals surface area contributed by atoms with Crippen LogP contribution in [0.5, 0.6) is 0 Å². The molecule has 7 aromatic rings. The molecule has 0 heterocycles. The topological polar surface area (TPSA) is 32.6 Å². The van der Waals surface area contributed by atoms with Crippen LogP contribution < -0.4 is 0 Å². The Labute approximate surface area is 291 Å². The van der Waals surface area contributed by atoms with E-state index in [0.29, 0.717) is 6.42 Å². The van der Waals surface area contributed by atoms with E-state index in [1.54, 1.807) is 0 Å². The molecule has 0 aliphatic heterocycles. The Balaban J connectivity index is 0.000000230. The van der Waals surface area contributed by atoms with E-state index in [1.807, 2.05) is 121 Å². The van der Waals surface area contributed by atoms with Crippen molar-refractivity contribution in [3.8, 4) is 0 Å². The first-order valence-corrected chi connectivity index (χ1v) is 15.1. The van der Waals surface area contributed by atoms with Gasteiger partial charge in [-0.05, 0) is 33.4 Å². The second kappa shape index (κ2) is 15.1. The number of aliphatic hydroxyl groups is 1. The molecule has 8 rings (SSSR count). The molecule has 3 heteroatoms. The minimum absolute atomic E-state index is 0. The zero-order valence-electron chi connectivity index (χ0n) is 25.7. The molecule has 0 fully saturated rings. The fourth-order valence-corrected chi connectivity index (χ4v) is 5.84. The van der Waals surface area contributed by atoms with Crippen molar-refractivity contribution in [1.82, 2.24) is 0 Å². The van der Waals surface area contributed by atoms with Crippen LogP contribution in [0, 0.1) is 13.8 Å². The summed E-state index contributed by atoms with van der Waals surface area (Å²) in [5, 5.41) is 16.7. The Kier molecular flexibility index (Phi) is 10.7. The summed E-state index contributed by atoms with van der Waals surface area (Å²) < 4.78 is 0. The quantitative estimate of drug-likeness (QED) is 0.186. The molecule has 1 N–H and O–H groups in total. The van der Waals surface area contributed by atoms with Gasteiger partial charge in [0.15, 0.2) is 0 Å². The molecule has 7 aromatic carbocycles. The van der Waals surface area contributed by atoms with Crippen molar-refractivity contribution >= 4 is 32.9 Å². The molecular weight excluding hydrogens is 638 g/mol. The summed E-state index contributed by atoms with van der Waals surface area (Å²) in [5.41, 5.74) is 5.58. The van der Waals surface area contributed by atoms with Crippen molar-refractivity contribution in [3.63, 3.8) is 0 Å². The molecule has 46 heavy (non-hydrogen) atoms. The fraction of sp³-hybridized carbons (Fsp3) is 0.0465. The minimum atomic E-state index is -1.19. The molecule has 0 saturated carbocycles. The van der Waals surface area contributed by atoms with Crippen molar-refractivity contribution in [2.75, 3.05) is 0 Å². The number of hydrogen-bond acceptors (Lipinski definition) is 2. The third kappa shape index (κ3) is 7.23. The Bertz CT molecular complexity index is 2010. The van der Waals surface area contributed by atoms with Gasteiger partial charge in [-0.2, -0.15) is 49.2 Å². The average Bonchev–Trinajstić information content (AvgIpc) is 3.31. The van der Waals surface area contributed by atoms with Crippen LogP contribution in [0.25, 0.3) is 21.5 Å². The third-order valence-electron chi connectivity index (χ3n) is 7.98. The van der Waals surface area contributed by atoms with E-state index >= 15 is 0 Å². The van der Waals surface area contributed by atoms with Crippen molar-refractivity contribution in [2.45, 2.75) is 12.0 Å². The van der Waals surface area contributed by atoms with Gasteiger partial charge < -0.3 is 5.11 Å². The van der Waals surface area contributed by atoms with E-state index in [4.69, 9.17) is 4.99 Å². The molecule has 1 aliphatic rings. The van der Waals surface area contributed by atoms with Crippen LogP contribution in [0.1, 0.15) is 27.8 Å². The summed E-state index contributed by atoms with van der Waals surface area (Å²) in [6.45, 7) is 7.44. The van der Waals surface area contributed by atoms with Crippen molar-refractivity contribution < 1.29 is 31.3 Å². The molecule has 1 atom stereocenters. The number of nitrogens with zero attached hydrogens (tertiary/aromatic N) is 1. The van der Waals surface area contributed by atoms with Crippen LogP contribution in [0.4, 0.5) is 5.69 Å². The molecule has 0 bridgehead atoms. The van der Waals surface area contributed by atoms with Gasteiger partial charge in [-0.25, -0.2) is 4.99 Å². The second-order valence-corrected chi connectivity index (χ2v) is 11.2. The molecule has 0 radical (unpaired) electrons. The van der Waals surface area contributed by atoms with Crippen molar-refractivity contribution in [3.05, 3.63) is 212 Å². The molecule has 0 saturated heterocycles. The Morgan fingerprint density at radius 1 is 0.522 bits per heavy atom. The standard InChI is InChI=1S/C29H21NO.2C7H7.Zr/c31-29(19-20-9-2-1-3-10-20)25-17-7-14-22-13-6-16-24(27(22)25)28(29)30-26-18-8-12-21-11-4-5-15-23(21)26;2*1-7-5-3-2-4-6-7;/h1-18,31H,19H2;2*2-6H,1H2;/q;2*-1;+2. The van der Waals surface area contributed by atoms with Gasteiger partial charge in [0, 0.05) is 17.4 Å². The van der Waals surface area contributed by atoms with Crippen LogP contribution in [-0.2, 0) is 38.2 Å². The number of aliphatic imine (C=N–C) groups is 1. The first kappa shape index (κ1) is 32.7. The van der Waals surface area contributed by atoms with E-state index in [9.17, 15) is 5.11 Å². The largest absolute Gasteiger partial charge is 2.00 e. The smallest absolute Gasteiger partial charge is 0.378 e. The van der Waals surface area contributed by atoms with Gasteiger partial charge in [0.1, 0.15) is 5.60 Å². The van der Waals surface area contributed by atoms with E-state index in [0.717, 1.165) is 60.8 Å². The average molecular weight is 673 g/mol. The van der Waals surface area contributed by atoms with Crippen LogP contribution in [-0.4, -0.2) is 10.8 Å². The van der Waals surface area contributed by atoms with Crippen LogP contribution >= 0.6 is 0 Å². The summed E-state index contributed by atoms with van der Waals surface area (Å²) in [6.07, 6.45) is 0.477. The first-order valence-electron chi connectivity index (χ1n) is 15.1. The number of fused-ring (bicyclic) bond motifs is 1. The van der Waals surface area contributed by atoms with Crippen molar-refractivity contribution in [2.24, 2.45) is 4.99 Å². The second-order valence-electron chi connectivity index (χ2n) is 11.2. The molecular formula is C43H35NOZr. The van der Waals surface area contributed by atoms with E-state index in [1.165, 1.54) is 0 Å². The van der Waals surface area contributed by atoms with E-state index in [-0.39, 0.29) is 26.2 Å². The molecule has 1 aliphatic carbocycles. The van der Waals surface area contributed by atoms with Gasteiger partial charge in [0.05, 0.1) is 11.4 Å². The van der Waals surface area contributed by atoms with Gasteiger partial charge in [-0.1, -0.05) is 115 Å². The third-order valence-corrected chi connectivity index (χ3v) is 7.98. The normalized spacial score (nSPS) is 15.3. The molecule has 0 amide bonds. The van der Waals surface area contributed by atoms with Gasteiger partial charge in [0.2, 0.25) is 0 Å². The minimum Gasteiger partial charge on any atom is -0.378 e. The Morgan fingerprint density at radius 2 is 1.02 bits per heavy atom. The van der Waals surface area contributed by atoms with Crippen LogP contribution in [0.2, 0.25) is 0 Å². The van der Waals surface area contributed by atoms with Gasteiger partial charge >= 0.3 is 26.2 Å². The Morgan fingerprint density at radius 3 is 1.63 bits per heavy atom. The monoisotopic (exact) mass is 671 g/mol. The molecule has 222 valence electrons. The summed E-state index contributed by atoms with van der Waals surface area (Å²) in [6, 6.07) is 56.7. The maximum atomic E-state index is 12.2. The SMILES string of the molecule is OC1(Cc2ccccc2)C(=Nc2cccc3ccccc23)c2cccc3cccc1c23.[CH2-]c1ccccc1.[CH2-]c1ccccc1.[Zr+2]. The fourth-order valence-electron chi connectivity index (χ4n) is 5.84. The van der Waals surface area contributed by atoms with Crippen LogP contribution in [0.15, 0.2) is 175 Å². The summed E-state index contributed by atoms with van der Waals surface area (Å²) >= 11 is 0. The Hall–Kier alpha value is -4.69. The van der Waals surface area contributed by atoms with Gasteiger partial charge in [-0.3, -0.25) is 0 Å². The number of benzene rings is 7. The van der Waals surface area contributed by atoms with Crippen LogP contribution in [0.3, 0.4) is 0 Å². The zero-order chi connectivity index (χ0) is 31.1. The summed E-state index contributed by atoms with van der Waals surface area (Å²) in [5.74, 6) is 0. The molecule has 1 unspecified atom stereocenters. The van der Waals surface area contributed by atoms with Gasteiger partial charge in [-0.15, -0.1) is 24.3 Å². The maximum absolute atomic E-state index is 12.2. The number of rotatable bonds is 3. The van der Waals surface area contributed by atoms with Gasteiger partial charge in [0.25, 0.3) is 0 Å². The predicted molar refractivity (Wildman–Crippen MR) is 190 cm³/mol. The summed E-state index contributed by atoms with van der Waals surface area (Å²) in [4.78, 5) is 5.14. The number of hydrogen-bond donors (Lipinski definition) is 1. The molecule has 0 spiro atoms. The maximum Gasteiger partial charge on any atom is 2.00 e. The predicted octanol–water partition coefficient (Wildman–Crippen LogP) is 10.3. The summed E-state index contributed by atoms with van der Waals surface area (Å²) in [7, 11) is 0. The first-order chi connectivity index (χ1) is 22.0. The van der Waals surface area contributed by atoms with Crippen molar-refractivity contribution in [1.29, 1.82) is 0 Å². The molecule has 0 aromatic heterocycles. The molecule has 2 nitrogen and oxygen atoms in total. The zero-order valence-corrected chi connectivity index (χ0v) is 28.1.